The molecular weight excluding hydrogens is 335 g/mol. The van der Waals surface area contributed by atoms with Gasteiger partial charge in [0.2, 0.25) is 0 Å². The normalized spacial score (nSPS) is 12.4. The third-order valence-corrected chi connectivity index (χ3v) is 5.80. The highest BCUT2D eigenvalue weighted by molar-refractivity contribution is 7.49. The predicted molar refractivity (Wildman–Crippen MR) is 108 cm³/mol. The monoisotopic (exact) mass is 378 g/mol. The van der Waals surface area contributed by atoms with Gasteiger partial charge in [-0.25, -0.2) is 9.24 Å². The van der Waals surface area contributed by atoms with E-state index in [4.69, 9.17) is 0 Å². The van der Waals surface area contributed by atoms with E-state index >= 15 is 0 Å². The number of rotatable bonds is 18. The number of hydrogen-bond acceptors (Lipinski definition) is 2. The van der Waals surface area contributed by atoms with Gasteiger partial charge in [0.1, 0.15) is 0 Å². The van der Waals surface area contributed by atoms with Crippen LogP contribution in [0, 0.1) is 0 Å². The van der Waals surface area contributed by atoms with Crippen molar-refractivity contribution in [2.45, 2.75) is 90.4 Å². The van der Waals surface area contributed by atoms with Crippen molar-refractivity contribution < 1.29 is 14.4 Å². The highest BCUT2D eigenvalue weighted by atomic mass is 31.2. The van der Waals surface area contributed by atoms with Crippen LogP contribution in [0.2, 0.25) is 0 Å². The Labute approximate surface area is 156 Å². The summed E-state index contributed by atoms with van der Waals surface area (Å²) in [4.78, 5) is 20.9. The summed E-state index contributed by atoms with van der Waals surface area (Å²) < 4.78 is 12.9. The van der Waals surface area contributed by atoms with E-state index < -0.39 is 7.75 Å². The van der Waals surface area contributed by atoms with Crippen molar-refractivity contribution in [2.75, 3.05) is 33.7 Å². The molecule has 0 radical (unpaired) electrons. The molecule has 0 bridgehead atoms. The summed E-state index contributed by atoms with van der Waals surface area (Å²) in [6.07, 6.45) is 16.0. The lowest BCUT2D eigenvalue weighted by atomic mass is 10.1. The SMILES string of the molecule is CCCCCCCCCCCCCCN(CCCN(C)C)P(=O)(O)O. The van der Waals surface area contributed by atoms with E-state index in [1.165, 1.54) is 68.9 Å². The third kappa shape index (κ3) is 17.3. The Morgan fingerprint density at radius 1 is 0.640 bits per heavy atom. The largest absolute Gasteiger partial charge is 0.402 e. The second-order valence-electron chi connectivity index (χ2n) is 7.51. The summed E-state index contributed by atoms with van der Waals surface area (Å²) in [5.41, 5.74) is 0. The molecule has 25 heavy (non-hydrogen) atoms. The molecular formula is C19H43N2O3P. The van der Waals surface area contributed by atoms with Crippen molar-refractivity contribution in [3.63, 3.8) is 0 Å². The number of nitrogens with zero attached hydrogens (tertiary/aromatic N) is 2. The van der Waals surface area contributed by atoms with Crippen LogP contribution in [0.3, 0.4) is 0 Å². The molecule has 0 aliphatic heterocycles. The molecule has 0 amide bonds. The van der Waals surface area contributed by atoms with Crippen molar-refractivity contribution in [1.82, 2.24) is 9.57 Å². The third-order valence-electron chi connectivity index (χ3n) is 4.66. The standard InChI is InChI=1S/C19H43N2O3P/c1-4-5-6-7-8-9-10-11-12-13-14-15-18-21(25(22,23)24)19-16-17-20(2)3/h4-19H2,1-3H3,(H2,22,23,24). The summed E-state index contributed by atoms with van der Waals surface area (Å²) in [5, 5.41) is 0. The second-order valence-corrected chi connectivity index (χ2v) is 9.11. The zero-order valence-corrected chi connectivity index (χ0v) is 17.9. The predicted octanol–water partition coefficient (Wildman–Crippen LogP) is 5.03. The van der Waals surface area contributed by atoms with Crippen molar-refractivity contribution in [2.24, 2.45) is 0 Å². The van der Waals surface area contributed by atoms with Crippen LogP contribution in [-0.4, -0.2) is 53.1 Å². The summed E-state index contributed by atoms with van der Waals surface area (Å²) in [6.45, 7) is 4.09. The van der Waals surface area contributed by atoms with Gasteiger partial charge in [-0.2, -0.15) is 0 Å². The van der Waals surface area contributed by atoms with Crippen molar-refractivity contribution in [3.05, 3.63) is 0 Å². The van der Waals surface area contributed by atoms with Gasteiger partial charge in [-0.1, -0.05) is 77.6 Å². The average molecular weight is 379 g/mol. The first-order chi connectivity index (χ1) is 11.9. The molecule has 152 valence electrons. The Morgan fingerprint density at radius 2 is 1.04 bits per heavy atom. The van der Waals surface area contributed by atoms with Crippen LogP contribution in [0.1, 0.15) is 90.4 Å². The highest BCUT2D eigenvalue weighted by Crippen LogP contribution is 2.40. The zero-order chi connectivity index (χ0) is 19.0. The van der Waals surface area contributed by atoms with E-state index in [9.17, 15) is 14.4 Å². The van der Waals surface area contributed by atoms with Gasteiger partial charge in [-0.05, 0) is 33.5 Å². The summed E-state index contributed by atoms with van der Waals surface area (Å²) in [6, 6.07) is 0. The van der Waals surface area contributed by atoms with Crippen LogP contribution in [0.25, 0.3) is 0 Å². The molecule has 0 saturated heterocycles. The number of hydrogen-bond donors (Lipinski definition) is 2. The molecule has 0 aromatic carbocycles. The van der Waals surface area contributed by atoms with Crippen LogP contribution in [0.4, 0.5) is 0 Å². The molecule has 0 fully saturated rings. The lowest BCUT2D eigenvalue weighted by Crippen LogP contribution is -2.26. The Morgan fingerprint density at radius 3 is 1.44 bits per heavy atom. The minimum atomic E-state index is -4.10. The Hall–Kier alpha value is 0.0700. The van der Waals surface area contributed by atoms with Crippen molar-refractivity contribution in [1.29, 1.82) is 0 Å². The van der Waals surface area contributed by atoms with Gasteiger partial charge in [0.05, 0.1) is 0 Å². The molecule has 0 unspecified atom stereocenters. The Balaban J connectivity index is 3.57. The van der Waals surface area contributed by atoms with E-state index in [2.05, 4.69) is 6.92 Å². The molecule has 0 aliphatic rings. The first-order valence-electron chi connectivity index (χ1n) is 10.3. The van der Waals surface area contributed by atoms with Crippen LogP contribution < -0.4 is 0 Å². The molecule has 0 rings (SSSR count). The van der Waals surface area contributed by atoms with Crippen LogP contribution in [0.5, 0.6) is 0 Å². The van der Waals surface area contributed by atoms with E-state index in [0.717, 1.165) is 25.8 Å². The smallest absolute Gasteiger partial charge is 0.312 e. The summed E-state index contributed by atoms with van der Waals surface area (Å²) in [5.74, 6) is 0. The van der Waals surface area contributed by atoms with Gasteiger partial charge in [0.25, 0.3) is 0 Å². The van der Waals surface area contributed by atoms with Gasteiger partial charge < -0.3 is 14.7 Å². The Bertz CT molecular complexity index is 335. The zero-order valence-electron chi connectivity index (χ0n) is 17.0. The molecule has 0 heterocycles. The molecule has 2 N–H and O–H groups in total. The molecule has 6 heteroatoms. The van der Waals surface area contributed by atoms with E-state index in [1.807, 2.05) is 19.0 Å². The lowest BCUT2D eigenvalue weighted by molar-refractivity contribution is 0.256. The number of unbranched alkanes of at least 4 members (excludes halogenated alkanes) is 11. The van der Waals surface area contributed by atoms with Gasteiger partial charge in [-0.15, -0.1) is 0 Å². The molecule has 0 aliphatic carbocycles. The quantitative estimate of drug-likeness (QED) is 0.259. The van der Waals surface area contributed by atoms with Gasteiger partial charge in [0, 0.05) is 13.1 Å². The first-order valence-corrected chi connectivity index (χ1v) is 11.9. The van der Waals surface area contributed by atoms with Crippen LogP contribution >= 0.6 is 7.75 Å². The van der Waals surface area contributed by atoms with Gasteiger partial charge in [0.15, 0.2) is 0 Å². The van der Waals surface area contributed by atoms with Crippen LogP contribution in [-0.2, 0) is 4.57 Å². The second kappa shape index (κ2) is 16.3. The van der Waals surface area contributed by atoms with Crippen LogP contribution in [0.15, 0.2) is 0 Å². The highest BCUT2D eigenvalue weighted by Gasteiger charge is 2.23. The average Bonchev–Trinajstić information content (AvgIpc) is 2.52. The fourth-order valence-corrected chi connectivity index (χ4v) is 3.88. The molecule has 0 atom stereocenters. The molecule has 0 saturated carbocycles. The van der Waals surface area contributed by atoms with E-state index in [0.29, 0.717) is 13.1 Å². The van der Waals surface area contributed by atoms with Gasteiger partial charge >= 0.3 is 7.75 Å². The summed E-state index contributed by atoms with van der Waals surface area (Å²) >= 11 is 0. The van der Waals surface area contributed by atoms with E-state index in [-0.39, 0.29) is 0 Å². The lowest BCUT2D eigenvalue weighted by Gasteiger charge is -2.23. The van der Waals surface area contributed by atoms with E-state index in [1.54, 1.807) is 0 Å². The molecule has 0 aromatic rings. The van der Waals surface area contributed by atoms with Gasteiger partial charge in [-0.3, -0.25) is 0 Å². The van der Waals surface area contributed by atoms with Crippen molar-refractivity contribution >= 4 is 7.75 Å². The maximum atomic E-state index is 11.5. The fraction of sp³-hybridized carbons (Fsp3) is 1.00. The minimum absolute atomic E-state index is 0.473. The molecule has 0 spiro atoms. The Kier molecular flexibility index (Phi) is 16.3. The topological polar surface area (TPSA) is 64.0 Å². The minimum Gasteiger partial charge on any atom is -0.312 e. The van der Waals surface area contributed by atoms with Crippen molar-refractivity contribution in [3.8, 4) is 0 Å². The summed E-state index contributed by atoms with van der Waals surface area (Å²) in [7, 11) is -0.145. The fourth-order valence-electron chi connectivity index (χ4n) is 3.08. The maximum absolute atomic E-state index is 11.5. The first kappa shape index (κ1) is 25.1. The molecule has 0 aromatic heterocycles. The maximum Gasteiger partial charge on any atom is 0.402 e. The molecule has 5 nitrogen and oxygen atoms in total.